The van der Waals surface area contributed by atoms with Gasteiger partial charge in [0.05, 0.1) is 6.54 Å². The summed E-state index contributed by atoms with van der Waals surface area (Å²) in [6, 6.07) is 0. The van der Waals surface area contributed by atoms with E-state index in [1.165, 1.54) is 13.2 Å². The molecule has 0 N–H and O–H groups in total. The predicted octanol–water partition coefficient (Wildman–Crippen LogP) is 2.01. The molecule has 0 aliphatic rings. The molecule has 2 aromatic heterocycles. The number of hydrogen-bond donors (Lipinski definition) is 0. The largest absolute Gasteiger partial charge is 0.362 e. The van der Waals surface area contributed by atoms with Crippen molar-refractivity contribution in [3.8, 4) is 0 Å². The SMILES string of the molecule is CN(Cc1nccn1C)c1c(F)c(F)nc(F)c1F. The summed E-state index contributed by atoms with van der Waals surface area (Å²) in [6.07, 6.45) is 3.15. The first-order chi connectivity index (χ1) is 8.91. The summed E-state index contributed by atoms with van der Waals surface area (Å²) >= 11 is 0. The van der Waals surface area contributed by atoms with Crippen molar-refractivity contribution in [2.45, 2.75) is 6.54 Å². The molecule has 0 saturated heterocycles. The molecule has 0 aromatic carbocycles. The lowest BCUT2D eigenvalue weighted by molar-refractivity contribution is 0.406. The molecular weight excluding hydrogens is 264 g/mol. The van der Waals surface area contributed by atoms with Gasteiger partial charge in [-0.3, -0.25) is 0 Å². The molecule has 0 aliphatic heterocycles. The summed E-state index contributed by atoms with van der Waals surface area (Å²) in [5.74, 6) is -5.94. The minimum Gasteiger partial charge on any atom is -0.362 e. The van der Waals surface area contributed by atoms with Gasteiger partial charge in [0.1, 0.15) is 11.5 Å². The smallest absolute Gasteiger partial charge is 0.253 e. The summed E-state index contributed by atoms with van der Waals surface area (Å²) < 4.78 is 54.6. The molecular formula is C11H10F4N4. The number of aromatic nitrogens is 3. The molecule has 2 heterocycles. The van der Waals surface area contributed by atoms with Crippen molar-refractivity contribution in [1.82, 2.24) is 14.5 Å². The minimum absolute atomic E-state index is 0.0137. The van der Waals surface area contributed by atoms with Crippen LogP contribution in [0.5, 0.6) is 0 Å². The summed E-state index contributed by atoms with van der Waals surface area (Å²) in [7, 11) is 2.99. The second-order valence-corrected chi connectivity index (χ2v) is 3.98. The second-order valence-electron chi connectivity index (χ2n) is 3.98. The highest BCUT2D eigenvalue weighted by Crippen LogP contribution is 2.26. The molecule has 0 amide bonds. The van der Waals surface area contributed by atoms with Crippen LogP contribution in [0.15, 0.2) is 12.4 Å². The summed E-state index contributed by atoms with van der Waals surface area (Å²) in [6.45, 7) is -0.0137. The Bertz CT molecular complexity index is 585. The van der Waals surface area contributed by atoms with Crippen LogP contribution in [-0.4, -0.2) is 21.6 Å². The third kappa shape index (κ3) is 2.38. The standard InChI is InChI=1S/C11H10F4N4/c1-18-4-3-16-6(18)5-19(2)9-7(12)10(14)17-11(15)8(9)13/h3-4H,5H2,1-2H3. The van der Waals surface area contributed by atoms with Crippen LogP contribution >= 0.6 is 0 Å². The van der Waals surface area contributed by atoms with Crippen LogP contribution in [0.3, 0.4) is 0 Å². The average Bonchev–Trinajstić information content (AvgIpc) is 2.73. The molecule has 8 heteroatoms. The Balaban J connectivity index is 2.39. The molecule has 0 unspecified atom stereocenters. The molecule has 0 fully saturated rings. The molecule has 0 spiro atoms. The normalized spacial score (nSPS) is 10.8. The van der Waals surface area contributed by atoms with E-state index in [9.17, 15) is 17.6 Å². The zero-order chi connectivity index (χ0) is 14.2. The predicted molar refractivity (Wildman–Crippen MR) is 59.4 cm³/mol. The first-order valence-corrected chi connectivity index (χ1v) is 5.29. The van der Waals surface area contributed by atoms with E-state index >= 15 is 0 Å². The number of rotatable bonds is 3. The number of halogens is 4. The molecule has 4 nitrogen and oxygen atoms in total. The molecule has 0 bridgehead atoms. The Hall–Kier alpha value is -2.12. The van der Waals surface area contributed by atoms with Crippen molar-refractivity contribution < 1.29 is 17.6 Å². The van der Waals surface area contributed by atoms with Gasteiger partial charge in [-0.15, -0.1) is 0 Å². The lowest BCUT2D eigenvalue weighted by Gasteiger charge is -2.20. The van der Waals surface area contributed by atoms with Crippen LogP contribution in [-0.2, 0) is 13.6 Å². The van der Waals surface area contributed by atoms with E-state index in [2.05, 4.69) is 9.97 Å². The zero-order valence-electron chi connectivity index (χ0n) is 10.2. The van der Waals surface area contributed by atoms with E-state index in [0.717, 1.165) is 4.90 Å². The zero-order valence-corrected chi connectivity index (χ0v) is 10.2. The molecule has 102 valence electrons. The Morgan fingerprint density at radius 1 is 1.16 bits per heavy atom. The summed E-state index contributed by atoms with van der Waals surface area (Å²) in [5, 5.41) is 0. The van der Waals surface area contributed by atoms with Crippen LogP contribution in [0, 0.1) is 23.5 Å². The van der Waals surface area contributed by atoms with E-state index in [1.54, 1.807) is 17.8 Å². The van der Waals surface area contributed by atoms with Gasteiger partial charge in [-0.25, -0.2) is 4.98 Å². The molecule has 0 radical (unpaired) electrons. The highest BCUT2D eigenvalue weighted by atomic mass is 19.2. The fourth-order valence-corrected chi connectivity index (χ4v) is 1.65. The lowest BCUT2D eigenvalue weighted by atomic mass is 10.3. The quantitative estimate of drug-likeness (QED) is 0.634. The number of nitrogens with zero attached hydrogens (tertiary/aromatic N) is 4. The number of pyridine rings is 1. The van der Waals surface area contributed by atoms with Crippen molar-refractivity contribution in [3.05, 3.63) is 41.7 Å². The third-order valence-electron chi connectivity index (χ3n) is 2.66. The van der Waals surface area contributed by atoms with Gasteiger partial charge in [0, 0.05) is 26.5 Å². The Morgan fingerprint density at radius 3 is 2.21 bits per heavy atom. The number of hydrogen-bond acceptors (Lipinski definition) is 3. The van der Waals surface area contributed by atoms with Crippen LogP contribution in [0.25, 0.3) is 0 Å². The summed E-state index contributed by atoms with van der Waals surface area (Å²) in [4.78, 5) is 7.49. The maximum Gasteiger partial charge on any atom is 0.253 e. The fourth-order valence-electron chi connectivity index (χ4n) is 1.65. The van der Waals surface area contributed by atoms with Gasteiger partial charge < -0.3 is 9.47 Å². The van der Waals surface area contributed by atoms with E-state index in [0.29, 0.717) is 5.82 Å². The van der Waals surface area contributed by atoms with Gasteiger partial charge in [0.25, 0.3) is 11.9 Å². The highest BCUT2D eigenvalue weighted by Gasteiger charge is 2.24. The van der Waals surface area contributed by atoms with Crippen LogP contribution in [0.1, 0.15) is 5.82 Å². The molecule has 0 saturated carbocycles. The average molecular weight is 274 g/mol. The van der Waals surface area contributed by atoms with Crippen molar-refractivity contribution in [2.24, 2.45) is 7.05 Å². The van der Waals surface area contributed by atoms with Crippen molar-refractivity contribution in [1.29, 1.82) is 0 Å². The molecule has 0 aliphatic carbocycles. The maximum absolute atomic E-state index is 13.5. The van der Waals surface area contributed by atoms with Gasteiger partial charge in [-0.05, 0) is 0 Å². The van der Waals surface area contributed by atoms with E-state index in [4.69, 9.17) is 0 Å². The number of aryl methyl sites for hydroxylation is 1. The van der Waals surface area contributed by atoms with Crippen molar-refractivity contribution >= 4 is 5.69 Å². The fraction of sp³-hybridized carbons (Fsp3) is 0.273. The Morgan fingerprint density at radius 2 is 1.74 bits per heavy atom. The first-order valence-electron chi connectivity index (χ1n) is 5.29. The second kappa shape index (κ2) is 4.87. The molecule has 2 aromatic rings. The Labute approximate surface area is 106 Å². The number of imidazole rings is 1. The lowest BCUT2D eigenvalue weighted by Crippen LogP contribution is -2.23. The maximum atomic E-state index is 13.5. The van der Waals surface area contributed by atoms with Crippen molar-refractivity contribution in [3.63, 3.8) is 0 Å². The topological polar surface area (TPSA) is 34.0 Å². The summed E-state index contributed by atoms with van der Waals surface area (Å²) in [5.41, 5.74) is -0.812. The highest BCUT2D eigenvalue weighted by molar-refractivity contribution is 5.47. The van der Waals surface area contributed by atoms with E-state index in [-0.39, 0.29) is 6.54 Å². The van der Waals surface area contributed by atoms with Crippen LogP contribution in [0.4, 0.5) is 23.2 Å². The van der Waals surface area contributed by atoms with Gasteiger partial charge in [0.15, 0.2) is 0 Å². The van der Waals surface area contributed by atoms with Gasteiger partial charge in [-0.2, -0.15) is 22.5 Å². The third-order valence-corrected chi connectivity index (χ3v) is 2.66. The van der Waals surface area contributed by atoms with Crippen LogP contribution in [0.2, 0.25) is 0 Å². The monoisotopic (exact) mass is 274 g/mol. The molecule has 19 heavy (non-hydrogen) atoms. The minimum atomic E-state index is -1.68. The van der Waals surface area contributed by atoms with Crippen molar-refractivity contribution in [2.75, 3.05) is 11.9 Å². The molecule has 0 atom stereocenters. The molecule has 2 rings (SSSR count). The van der Waals surface area contributed by atoms with Gasteiger partial charge >= 0.3 is 0 Å². The van der Waals surface area contributed by atoms with Gasteiger partial charge in [-0.1, -0.05) is 0 Å². The number of anilines is 1. The van der Waals surface area contributed by atoms with Crippen LogP contribution < -0.4 is 4.90 Å². The van der Waals surface area contributed by atoms with E-state index in [1.807, 2.05) is 0 Å². The Kier molecular flexibility index (Phi) is 3.41. The first kappa shape index (κ1) is 13.3. The van der Waals surface area contributed by atoms with E-state index < -0.39 is 29.2 Å². The van der Waals surface area contributed by atoms with Gasteiger partial charge in [0.2, 0.25) is 11.6 Å².